The highest BCUT2D eigenvalue weighted by atomic mass is 32.1. The van der Waals surface area contributed by atoms with Gasteiger partial charge in [0, 0.05) is 31.9 Å². The topological polar surface area (TPSA) is 45.2 Å². The van der Waals surface area contributed by atoms with E-state index in [9.17, 15) is 4.79 Å². The van der Waals surface area contributed by atoms with Gasteiger partial charge in [0.1, 0.15) is 0 Å². The van der Waals surface area contributed by atoms with Gasteiger partial charge in [-0.25, -0.2) is 4.98 Å². The van der Waals surface area contributed by atoms with Crippen LogP contribution in [0.5, 0.6) is 0 Å². The molecule has 1 N–H and O–H groups in total. The van der Waals surface area contributed by atoms with Gasteiger partial charge in [-0.1, -0.05) is 19.8 Å². The molecule has 118 valence electrons. The van der Waals surface area contributed by atoms with Crippen molar-refractivity contribution < 1.29 is 4.79 Å². The van der Waals surface area contributed by atoms with Crippen LogP contribution in [0.15, 0.2) is 5.38 Å². The Morgan fingerprint density at radius 3 is 2.71 bits per heavy atom. The van der Waals surface area contributed by atoms with Crippen LogP contribution < -0.4 is 10.2 Å². The van der Waals surface area contributed by atoms with Gasteiger partial charge in [0.2, 0.25) is 5.91 Å². The molecule has 0 saturated heterocycles. The standard InChI is InChI=1S/C16H27N3OS/c1-4-16(8-6-7-9-16)12-17-10-14-11-21-15(18-14)19(5-2)13(3)20/h11,17H,4-10,12H2,1-3H3. The van der Waals surface area contributed by atoms with Crippen LogP contribution in [0.25, 0.3) is 0 Å². The molecule has 0 radical (unpaired) electrons. The molecule has 0 aromatic carbocycles. The number of hydrogen-bond acceptors (Lipinski definition) is 4. The monoisotopic (exact) mass is 309 g/mol. The van der Waals surface area contributed by atoms with Gasteiger partial charge in [0.25, 0.3) is 0 Å². The molecule has 1 fully saturated rings. The molecule has 1 heterocycles. The molecular formula is C16H27N3OS. The summed E-state index contributed by atoms with van der Waals surface area (Å²) < 4.78 is 0. The van der Waals surface area contributed by atoms with Crippen LogP contribution in [0.4, 0.5) is 5.13 Å². The minimum atomic E-state index is 0.0576. The number of aromatic nitrogens is 1. The maximum Gasteiger partial charge on any atom is 0.225 e. The molecule has 0 unspecified atom stereocenters. The Labute approximate surface area is 132 Å². The Bertz CT molecular complexity index is 466. The third-order valence-corrected chi connectivity index (χ3v) is 5.60. The van der Waals surface area contributed by atoms with Gasteiger partial charge >= 0.3 is 0 Å². The van der Waals surface area contributed by atoms with Crippen LogP contribution in [0.3, 0.4) is 0 Å². The van der Waals surface area contributed by atoms with E-state index in [1.165, 1.54) is 32.1 Å². The molecule has 1 aliphatic rings. The molecule has 0 spiro atoms. The number of rotatable bonds is 7. The van der Waals surface area contributed by atoms with E-state index in [0.29, 0.717) is 12.0 Å². The fourth-order valence-corrected chi connectivity index (χ4v) is 4.16. The SMILES string of the molecule is CCN(C(C)=O)c1nc(CNCC2(CC)CCCC2)cs1. The smallest absolute Gasteiger partial charge is 0.225 e. The van der Waals surface area contributed by atoms with E-state index in [-0.39, 0.29) is 5.91 Å². The number of anilines is 1. The summed E-state index contributed by atoms with van der Waals surface area (Å²) in [5, 5.41) is 6.45. The summed E-state index contributed by atoms with van der Waals surface area (Å²) >= 11 is 1.55. The van der Waals surface area contributed by atoms with E-state index >= 15 is 0 Å². The van der Waals surface area contributed by atoms with E-state index in [4.69, 9.17) is 0 Å². The van der Waals surface area contributed by atoms with E-state index in [0.717, 1.165) is 23.9 Å². The van der Waals surface area contributed by atoms with Crippen molar-refractivity contribution in [2.24, 2.45) is 5.41 Å². The summed E-state index contributed by atoms with van der Waals surface area (Å²) in [6.07, 6.45) is 6.72. The first-order valence-corrected chi connectivity index (χ1v) is 8.91. The molecule has 4 nitrogen and oxygen atoms in total. The minimum absolute atomic E-state index is 0.0576. The van der Waals surface area contributed by atoms with Crippen LogP contribution in [-0.2, 0) is 11.3 Å². The Hall–Kier alpha value is -0.940. The largest absolute Gasteiger partial charge is 0.311 e. The lowest BCUT2D eigenvalue weighted by molar-refractivity contribution is -0.116. The van der Waals surface area contributed by atoms with Crippen molar-refractivity contribution in [3.63, 3.8) is 0 Å². The maximum atomic E-state index is 11.5. The van der Waals surface area contributed by atoms with Gasteiger partial charge in [-0.3, -0.25) is 9.69 Å². The number of carbonyl (C=O) groups excluding carboxylic acids is 1. The second-order valence-electron chi connectivity index (χ2n) is 6.05. The molecule has 0 aliphatic heterocycles. The van der Waals surface area contributed by atoms with E-state index in [1.54, 1.807) is 23.2 Å². The Balaban J connectivity index is 1.87. The number of carbonyl (C=O) groups is 1. The maximum absolute atomic E-state index is 11.5. The third kappa shape index (κ3) is 4.04. The van der Waals surface area contributed by atoms with Gasteiger partial charge < -0.3 is 5.32 Å². The quantitative estimate of drug-likeness (QED) is 0.837. The second kappa shape index (κ2) is 7.36. The Kier molecular flexibility index (Phi) is 5.76. The molecule has 5 heteroatoms. The molecule has 0 atom stereocenters. The number of thiazole rings is 1. The summed E-state index contributed by atoms with van der Waals surface area (Å²) in [5.41, 5.74) is 1.55. The highest BCUT2D eigenvalue weighted by molar-refractivity contribution is 7.14. The third-order valence-electron chi connectivity index (χ3n) is 4.69. The van der Waals surface area contributed by atoms with Crippen LogP contribution >= 0.6 is 11.3 Å². The van der Waals surface area contributed by atoms with Crippen LogP contribution in [0, 0.1) is 5.41 Å². The van der Waals surface area contributed by atoms with Crippen LogP contribution in [0.2, 0.25) is 0 Å². The normalized spacial score (nSPS) is 17.1. The predicted octanol–water partition coefficient (Wildman–Crippen LogP) is 3.58. The average Bonchev–Trinajstić information content (AvgIpc) is 3.10. The van der Waals surface area contributed by atoms with Crippen molar-refractivity contribution >= 4 is 22.4 Å². The van der Waals surface area contributed by atoms with Crippen molar-refractivity contribution in [1.29, 1.82) is 0 Å². The summed E-state index contributed by atoms with van der Waals surface area (Å²) in [6.45, 7) is 8.43. The molecule has 1 aromatic rings. The number of amides is 1. The van der Waals surface area contributed by atoms with Gasteiger partial charge in [-0.05, 0) is 31.6 Å². The summed E-state index contributed by atoms with van der Waals surface area (Å²) in [7, 11) is 0. The van der Waals surface area contributed by atoms with Crippen molar-refractivity contribution in [3.8, 4) is 0 Å². The predicted molar refractivity (Wildman–Crippen MR) is 88.7 cm³/mol. The first kappa shape index (κ1) is 16.4. The van der Waals surface area contributed by atoms with Gasteiger partial charge in [0.15, 0.2) is 5.13 Å². The summed E-state index contributed by atoms with van der Waals surface area (Å²) in [6, 6.07) is 0. The molecule has 1 aliphatic carbocycles. The van der Waals surface area contributed by atoms with Crippen molar-refractivity contribution in [3.05, 3.63) is 11.1 Å². The number of nitrogens with one attached hydrogen (secondary N) is 1. The van der Waals surface area contributed by atoms with Gasteiger partial charge in [-0.15, -0.1) is 11.3 Å². The lowest BCUT2D eigenvalue weighted by Gasteiger charge is -2.27. The van der Waals surface area contributed by atoms with Crippen LogP contribution in [-0.4, -0.2) is 24.0 Å². The number of nitrogens with zero attached hydrogens (tertiary/aromatic N) is 2. The first-order chi connectivity index (χ1) is 10.1. The van der Waals surface area contributed by atoms with E-state index < -0.39 is 0 Å². The molecule has 21 heavy (non-hydrogen) atoms. The molecule has 1 aromatic heterocycles. The average molecular weight is 309 g/mol. The first-order valence-electron chi connectivity index (χ1n) is 8.03. The molecule has 0 bridgehead atoms. The van der Waals surface area contributed by atoms with Gasteiger partial charge in [-0.2, -0.15) is 0 Å². The molecule has 2 rings (SSSR count). The fourth-order valence-electron chi connectivity index (χ4n) is 3.23. The lowest BCUT2D eigenvalue weighted by atomic mass is 9.83. The zero-order valence-corrected chi connectivity index (χ0v) is 14.3. The number of hydrogen-bond donors (Lipinski definition) is 1. The summed E-state index contributed by atoms with van der Waals surface area (Å²) in [4.78, 5) is 17.8. The Morgan fingerprint density at radius 2 is 2.14 bits per heavy atom. The zero-order valence-electron chi connectivity index (χ0n) is 13.4. The molecule has 1 saturated carbocycles. The second-order valence-corrected chi connectivity index (χ2v) is 6.89. The van der Waals surface area contributed by atoms with Crippen LogP contribution in [0.1, 0.15) is 58.6 Å². The Morgan fingerprint density at radius 1 is 1.43 bits per heavy atom. The van der Waals surface area contributed by atoms with Crippen molar-refractivity contribution in [1.82, 2.24) is 10.3 Å². The zero-order chi connectivity index (χ0) is 15.3. The highest BCUT2D eigenvalue weighted by Gasteiger charge is 2.31. The minimum Gasteiger partial charge on any atom is -0.311 e. The lowest BCUT2D eigenvalue weighted by Crippen LogP contribution is -2.31. The van der Waals surface area contributed by atoms with E-state index in [2.05, 4.69) is 22.6 Å². The van der Waals surface area contributed by atoms with Crippen molar-refractivity contribution in [2.45, 2.75) is 59.4 Å². The molecular weight excluding hydrogens is 282 g/mol. The fraction of sp³-hybridized carbons (Fsp3) is 0.750. The molecule has 1 amide bonds. The highest BCUT2D eigenvalue weighted by Crippen LogP contribution is 2.40. The van der Waals surface area contributed by atoms with Gasteiger partial charge in [0.05, 0.1) is 5.69 Å². The van der Waals surface area contributed by atoms with Crippen molar-refractivity contribution in [2.75, 3.05) is 18.0 Å². The summed E-state index contributed by atoms with van der Waals surface area (Å²) in [5.74, 6) is 0.0576. The van der Waals surface area contributed by atoms with E-state index in [1.807, 2.05) is 6.92 Å².